The lowest BCUT2D eigenvalue weighted by Gasteiger charge is -2.16. The highest BCUT2D eigenvalue weighted by Crippen LogP contribution is 2.46. The van der Waals surface area contributed by atoms with Crippen LogP contribution in [0.2, 0.25) is 5.02 Å². The lowest BCUT2D eigenvalue weighted by atomic mass is 10.0. The van der Waals surface area contributed by atoms with E-state index in [1.807, 2.05) is 18.2 Å². The van der Waals surface area contributed by atoms with Crippen LogP contribution in [0.4, 0.5) is 4.39 Å². The Morgan fingerprint density at radius 3 is 2.23 bits per heavy atom. The number of benzene rings is 2. The molecule has 0 unspecified atom stereocenters. The van der Waals surface area contributed by atoms with E-state index in [-0.39, 0.29) is 24.2 Å². The Hall–Kier alpha value is -2.40. The van der Waals surface area contributed by atoms with E-state index < -0.39 is 5.41 Å². The molecule has 1 aliphatic rings. The molecule has 0 radical (unpaired) electrons. The summed E-state index contributed by atoms with van der Waals surface area (Å²) in [5.41, 5.74) is 0.343. The van der Waals surface area contributed by atoms with Crippen LogP contribution < -0.4 is 10.6 Å². The highest BCUT2D eigenvalue weighted by Gasteiger charge is 2.56. The highest BCUT2D eigenvalue weighted by molar-refractivity contribution is 6.31. The number of rotatable bonds is 7. The SMILES string of the molecule is O=C(NCCc1ccccc1F)C1(C(=O)NCc2ccccc2Cl)CC1. The van der Waals surface area contributed by atoms with Crippen LogP contribution >= 0.6 is 11.6 Å². The number of carbonyl (C=O) groups excluding carboxylic acids is 2. The number of carbonyl (C=O) groups is 2. The quantitative estimate of drug-likeness (QED) is 0.731. The van der Waals surface area contributed by atoms with Crippen molar-refractivity contribution in [2.45, 2.75) is 25.8 Å². The van der Waals surface area contributed by atoms with Gasteiger partial charge in [0.2, 0.25) is 11.8 Å². The molecule has 0 aliphatic heterocycles. The molecule has 6 heteroatoms. The van der Waals surface area contributed by atoms with Crippen molar-refractivity contribution in [1.29, 1.82) is 0 Å². The Morgan fingerprint density at radius 2 is 1.58 bits per heavy atom. The smallest absolute Gasteiger partial charge is 0.235 e. The molecule has 1 fully saturated rings. The van der Waals surface area contributed by atoms with E-state index >= 15 is 0 Å². The maximum atomic E-state index is 13.6. The molecule has 3 rings (SSSR count). The van der Waals surface area contributed by atoms with Gasteiger partial charge in [-0.15, -0.1) is 0 Å². The topological polar surface area (TPSA) is 58.2 Å². The molecule has 0 bridgehead atoms. The number of amides is 2. The van der Waals surface area contributed by atoms with Crippen LogP contribution in [-0.2, 0) is 22.6 Å². The Kier molecular flexibility index (Phi) is 5.57. The fourth-order valence-electron chi connectivity index (χ4n) is 2.85. The van der Waals surface area contributed by atoms with Gasteiger partial charge in [-0.05, 0) is 42.5 Å². The molecule has 2 aromatic carbocycles. The standard InChI is InChI=1S/C20H20ClFN2O2/c21-16-7-3-1-6-15(16)13-24-19(26)20(10-11-20)18(25)23-12-9-14-5-2-4-8-17(14)22/h1-8H,9-13H2,(H,23,25)(H,24,26). The molecule has 1 saturated carbocycles. The third-order valence-corrected chi connectivity index (χ3v) is 5.02. The van der Waals surface area contributed by atoms with Crippen molar-refractivity contribution in [3.8, 4) is 0 Å². The van der Waals surface area contributed by atoms with E-state index in [0.717, 1.165) is 5.56 Å². The van der Waals surface area contributed by atoms with Crippen LogP contribution in [0, 0.1) is 11.2 Å². The summed E-state index contributed by atoms with van der Waals surface area (Å²) in [6.45, 7) is 0.572. The minimum atomic E-state index is -1.00. The summed E-state index contributed by atoms with van der Waals surface area (Å²) in [7, 11) is 0. The van der Waals surface area contributed by atoms with E-state index in [4.69, 9.17) is 11.6 Å². The average molecular weight is 375 g/mol. The summed E-state index contributed by atoms with van der Waals surface area (Å²) in [6, 6.07) is 13.7. The molecule has 0 saturated heterocycles. The molecule has 136 valence electrons. The lowest BCUT2D eigenvalue weighted by Crippen LogP contribution is -2.43. The van der Waals surface area contributed by atoms with Crippen LogP contribution in [0.1, 0.15) is 24.0 Å². The first-order valence-corrected chi connectivity index (χ1v) is 8.94. The molecule has 2 amide bonds. The van der Waals surface area contributed by atoms with Gasteiger partial charge in [-0.25, -0.2) is 4.39 Å². The van der Waals surface area contributed by atoms with E-state index in [9.17, 15) is 14.0 Å². The van der Waals surface area contributed by atoms with Gasteiger partial charge >= 0.3 is 0 Å². The summed E-state index contributed by atoms with van der Waals surface area (Å²) in [5, 5.41) is 6.13. The van der Waals surface area contributed by atoms with Crippen molar-refractivity contribution < 1.29 is 14.0 Å². The van der Waals surface area contributed by atoms with E-state index in [2.05, 4.69) is 10.6 Å². The zero-order chi connectivity index (χ0) is 18.6. The van der Waals surface area contributed by atoms with Crippen molar-refractivity contribution in [3.63, 3.8) is 0 Å². The van der Waals surface area contributed by atoms with E-state index in [1.165, 1.54) is 6.07 Å². The first-order chi connectivity index (χ1) is 12.5. The van der Waals surface area contributed by atoms with Gasteiger partial charge in [0, 0.05) is 18.1 Å². The van der Waals surface area contributed by atoms with Crippen molar-refractivity contribution in [3.05, 3.63) is 70.5 Å². The third kappa shape index (κ3) is 4.05. The number of hydrogen-bond acceptors (Lipinski definition) is 2. The van der Waals surface area contributed by atoms with Crippen molar-refractivity contribution >= 4 is 23.4 Å². The highest BCUT2D eigenvalue weighted by atomic mass is 35.5. The van der Waals surface area contributed by atoms with Crippen LogP contribution in [0.25, 0.3) is 0 Å². The Bertz CT molecular complexity index is 821. The fraction of sp³-hybridized carbons (Fsp3) is 0.300. The summed E-state index contributed by atoms with van der Waals surface area (Å²) >= 11 is 6.08. The molecule has 0 atom stereocenters. The normalized spacial score (nSPS) is 14.5. The molecule has 2 N–H and O–H groups in total. The maximum absolute atomic E-state index is 13.6. The first kappa shape index (κ1) is 18.4. The Balaban J connectivity index is 1.51. The van der Waals surface area contributed by atoms with Gasteiger partial charge in [0.15, 0.2) is 0 Å². The number of nitrogens with one attached hydrogen (secondary N) is 2. The minimum absolute atomic E-state index is 0.281. The van der Waals surface area contributed by atoms with Crippen molar-refractivity contribution in [2.24, 2.45) is 5.41 Å². The zero-order valence-corrected chi connectivity index (χ0v) is 15.0. The van der Waals surface area contributed by atoms with Crippen LogP contribution in [0.15, 0.2) is 48.5 Å². The Labute approximate surface area is 156 Å². The predicted molar refractivity (Wildman–Crippen MR) is 98.1 cm³/mol. The molecular formula is C20H20ClFN2O2. The van der Waals surface area contributed by atoms with E-state index in [0.29, 0.717) is 36.4 Å². The van der Waals surface area contributed by atoms with Gasteiger partial charge in [0.05, 0.1) is 0 Å². The van der Waals surface area contributed by atoms with Crippen molar-refractivity contribution in [2.75, 3.05) is 6.54 Å². The second-order valence-electron chi connectivity index (χ2n) is 6.45. The van der Waals surface area contributed by atoms with Gasteiger partial charge in [-0.2, -0.15) is 0 Å². The monoisotopic (exact) mass is 374 g/mol. The van der Waals surface area contributed by atoms with Crippen LogP contribution in [-0.4, -0.2) is 18.4 Å². The third-order valence-electron chi connectivity index (χ3n) is 4.65. The summed E-state index contributed by atoms with van der Waals surface area (Å²) in [4.78, 5) is 24.9. The maximum Gasteiger partial charge on any atom is 0.235 e. The summed E-state index contributed by atoms with van der Waals surface area (Å²) < 4.78 is 13.6. The van der Waals surface area contributed by atoms with Gasteiger partial charge in [-0.3, -0.25) is 9.59 Å². The van der Waals surface area contributed by atoms with E-state index in [1.54, 1.807) is 24.3 Å². The second kappa shape index (κ2) is 7.87. The van der Waals surface area contributed by atoms with Gasteiger partial charge in [-0.1, -0.05) is 48.0 Å². The molecule has 26 heavy (non-hydrogen) atoms. The largest absolute Gasteiger partial charge is 0.355 e. The van der Waals surface area contributed by atoms with Crippen LogP contribution in [0.3, 0.4) is 0 Å². The zero-order valence-electron chi connectivity index (χ0n) is 14.2. The number of halogens is 2. The second-order valence-corrected chi connectivity index (χ2v) is 6.86. The summed E-state index contributed by atoms with van der Waals surface area (Å²) in [5.74, 6) is -0.883. The van der Waals surface area contributed by atoms with Crippen molar-refractivity contribution in [1.82, 2.24) is 10.6 Å². The molecular weight excluding hydrogens is 355 g/mol. The first-order valence-electron chi connectivity index (χ1n) is 8.56. The summed E-state index contributed by atoms with van der Waals surface area (Å²) in [6.07, 6.45) is 1.43. The van der Waals surface area contributed by atoms with Crippen LogP contribution in [0.5, 0.6) is 0 Å². The molecule has 0 aromatic heterocycles. The molecule has 1 aliphatic carbocycles. The predicted octanol–water partition coefficient (Wildman–Crippen LogP) is 3.23. The average Bonchev–Trinajstić information content (AvgIpc) is 3.44. The minimum Gasteiger partial charge on any atom is -0.355 e. The molecule has 0 heterocycles. The molecule has 0 spiro atoms. The number of hydrogen-bond donors (Lipinski definition) is 2. The molecule has 2 aromatic rings. The molecule has 4 nitrogen and oxygen atoms in total. The van der Waals surface area contributed by atoms with Gasteiger partial charge < -0.3 is 10.6 Å². The fourth-order valence-corrected chi connectivity index (χ4v) is 3.05. The Morgan fingerprint density at radius 1 is 0.962 bits per heavy atom. The van der Waals surface area contributed by atoms with Gasteiger partial charge in [0.25, 0.3) is 0 Å². The van der Waals surface area contributed by atoms with Gasteiger partial charge in [0.1, 0.15) is 11.2 Å². The lowest BCUT2D eigenvalue weighted by molar-refractivity contribution is -0.137.